The van der Waals surface area contributed by atoms with Crippen LogP contribution in [0.3, 0.4) is 0 Å². The maximum atomic E-state index is 13.0. The Kier molecular flexibility index (Phi) is 5.38. The van der Waals surface area contributed by atoms with Gasteiger partial charge in [0, 0.05) is 19.1 Å². The van der Waals surface area contributed by atoms with E-state index in [1.54, 1.807) is 0 Å². The van der Waals surface area contributed by atoms with Crippen LogP contribution >= 0.6 is 24.0 Å². The third kappa shape index (κ3) is 3.41. The van der Waals surface area contributed by atoms with Gasteiger partial charge in [0.2, 0.25) is 0 Å². The molecule has 25 heavy (non-hydrogen) atoms. The molecular weight excluding hydrogens is 355 g/mol. The highest BCUT2D eigenvalue weighted by Gasteiger charge is 2.42. The van der Waals surface area contributed by atoms with Crippen molar-refractivity contribution in [3.63, 3.8) is 0 Å². The fraction of sp³-hybridized carbons (Fsp3) is 0.350. The Bertz CT molecular complexity index is 766. The molecule has 0 bridgehead atoms. The van der Waals surface area contributed by atoms with Crippen molar-refractivity contribution in [3.8, 4) is 11.1 Å². The number of carbonyl (C=O) groups is 1. The molecule has 1 amide bonds. The molecule has 0 spiro atoms. The van der Waals surface area contributed by atoms with E-state index < -0.39 is 0 Å². The number of amides is 1. The quantitative estimate of drug-likeness (QED) is 0.851. The third-order valence-electron chi connectivity index (χ3n) is 5.50. The first-order valence-corrected chi connectivity index (χ1v) is 8.91. The van der Waals surface area contributed by atoms with Gasteiger partial charge in [-0.05, 0) is 47.9 Å². The normalized spacial score (nSPS) is 24.7. The highest BCUT2D eigenvalue weighted by atomic mass is 35.5. The minimum Gasteiger partial charge on any atom is -0.338 e. The standard InChI is InChI=1S/C20H21ClN2O.ClH/c21-18-8-6-14(13-4-2-1-3-5-13)10-16(18)20(24)23-11-15-7-9-19(22)17(15)12-23;/h1-6,8,10,15,17,19H,7,9,11-12,22H2;1H. The van der Waals surface area contributed by atoms with Crippen molar-refractivity contribution < 1.29 is 4.79 Å². The van der Waals surface area contributed by atoms with E-state index >= 15 is 0 Å². The fourth-order valence-electron chi connectivity index (χ4n) is 4.14. The van der Waals surface area contributed by atoms with Crippen LogP contribution < -0.4 is 5.73 Å². The first kappa shape index (κ1) is 18.2. The van der Waals surface area contributed by atoms with Crippen molar-refractivity contribution in [2.45, 2.75) is 18.9 Å². The van der Waals surface area contributed by atoms with E-state index in [-0.39, 0.29) is 24.4 Å². The van der Waals surface area contributed by atoms with Gasteiger partial charge < -0.3 is 10.6 Å². The maximum absolute atomic E-state index is 13.0. The highest BCUT2D eigenvalue weighted by Crippen LogP contribution is 2.38. The van der Waals surface area contributed by atoms with Crippen LogP contribution in [-0.2, 0) is 0 Å². The van der Waals surface area contributed by atoms with Crippen LogP contribution in [0.25, 0.3) is 11.1 Å². The Morgan fingerprint density at radius 1 is 1.04 bits per heavy atom. The fourth-order valence-corrected chi connectivity index (χ4v) is 4.34. The molecule has 1 aliphatic heterocycles. The highest BCUT2D eigenvalue weighted by molar-refractivity contribution is 6.34. The molecule has 1 saturated carbocycles. The minimum absolute atomic E-state index is 0. The van der Waals surface area contributed by atoms with E-state index in [4.69, 9.17) is 17.3 Å². The number of rotatable bonds is 2. The number of carbonyl (C=O) groups excluding carboxylic acids is 1. The number of fused-ring (bicyclic) bond motifs is 1. The molecular formula is C20H22Cl2N2O. The van der Waals surface area contributed by atoms with Gasteiger partial charge in [-0.2, -0.15) is 0 Å². The van der Waals surface area contributed by atoms with Crippen LogP contribution in [0.15, 0.2) is 48.5 Å². The van der Waals surface area contributed by atoms with Gasteiger partial charge in [-0.25, -0.2) is 0 Å². The molecule has 2 aromatic rings. The van der Waals surface area contributed by atoms with Gasteiger partial charge >= 0.3 is 0 Å². The number of hydrogen-bond acceptors (Lipinski definition) is 2. The van der Waals surface area contributed by atoms with Gasteiger partial charge in [-0.1, -0.05) is 48.0 Å². The SMILES string of the molecule is Cl.NC1CCC2CN(C(=O)c3cc(-c4ccccc4)ccc3Cl)CC12. The van der Waals surface area contributed by atoms with Crippen molar-refractivity contribution in [1.82, 2.24) is 4.90 Å². The van der Waals surface area contributed by atoms with E-state index in [9.17, 15) is 4.79 Å². The van der Waals surface area contributed by atoms with Gasteiger partial charge in [-0.3, -0.25) is 4.79 Å². The number of nitrogens with two attached hydrogens (primary N) is 1. The molecule has 2 aromatic carbocycles. The second kappa shape index (κ2) is 7.36. The van der Waals surface area contributed by atoms with Gasteiger partial charge in [0.1, 0.15) is 0 Å². The average molecular weight is 377 g/mol. The molecule has 4 rings (SSSR count). The maximum Gasteiger partial charge on any atom is 0.255 e. The zero-order chi connectivity index (χ0) is 16.7. The summed E-state index contributed by atoms with van der Waals surface area (Å²) in [6.45, 7) is 1.57. The second-order valence-corrected chi connectivity index (χ2v) is 7.34. The summed E-state index contributed by atoms with van der Waals surface area (Å²) in [6.07, 6.45) is 2.22. The summed E-state index contributed by atoms with van der Waals surface area (Å²) >= 11 is 6.33. The van der Waals surface area contributed by atoms with E-state index in [1.807, 2.05) is 53.4 Å². The van der Waals surface area contributed by atoms with Crippen molar-refractivity contribution in [2.75, 3.05) is 13.1 Å². The lowest BCUT2D eigenvalue weighted by Crippen LogP contribution is -2.33. The first-order chi connectivity index (χ1) is 11.6. The second-order valence-electron chi connectivity index (χ2n) is 6.94. The molecule has 3 atom stereocenters. The summed E-state index contributed by atoms with van der Waals surface area (Å²) in [4.78, 5) is 14.9. The van der Waals surface area contributed by atoms with Crippen molar-refractivity contribution >= 4 is 29.9 Å². The lowest BCUT2D eigenvalue weighted by Gasteiger charge is -2.20. The van der Waals surface area contributed by atoms with E-state index in [1.165, 1.54) is 0 Å². The Labute approximate surface area is 159 Å². The summed E-state index contributed by atoms with van der Waals surface area (Å²) in [5.41, 5.74) is 8.88. The molecule has 2 aliphatic rings. The predicted octanol–water partition coefficient (Wildman–Crippen LogP) is 4.24. The Morgan fingerprint density at radius 2 is 1.80 bits per heavy atom. The lowest BCUT2D eigenvalue weighted by molar-refractivity contribution is 0.0780. The van der Waals surface area contributed by atoms with E-state index in [0.29, 0.717) is 22.4 Å². The van der Waals surface area contributed by atoms with Crippen LogP contribution in [-0.4, -0.2) is 29.9 Å². The monoisotopic (exact) mass is 376 g/mol. The zero-order valence-electron chi connectivity index (χ0n) is 13.9. The molecule has 3 unspecified atom stereocenters. The van der Waals surface area contributed by atoms with Crippen LogP contribution in [0.5, 0.6) is 0 Å². The first-order valence-electron chi connectivity index (χ1n) is 8.53. The summed E-state index contributed by atoms with van der Waals surface area (Å²) in [6, 6.07) is 16.0. The largest absolute Gasteiger partial charge is 0.338 e. The number of halogens is 2. The molecule has 3 nitrogen and oxygen atoms in total. The summed E-state index contributed by atoms with van der Waals surface area (Å²) in [5, 5.41) is 0.515. The molecule has 5 heteroatoms. The molecule has 1 saturated heterocycles. The Morgan fingerprint density at radius 3 is 2.52 bits per heavy atom. The Balaban J connectivity index is 0.00000182. The lowest BCUT2D eigenvalue weighted by atomic mass is 9.98. The zero-order valence-corrected chi connectivity index (χ0v) is 15.5. The van der Waals surface area contributed by atoms with Crippen molar-refractivity contribution in [1.29, 1.82) is 0 Å². The van der Waals surface area contributed by atoms with Gasteiger partial charge in [0.15, 0.2) is 0 Å². The summed E-state index contributed by atoms with van der Waals surface area (Å²) in [5.74, 6) is 1.03. The molecule has 0 radical (unpaired) electrons. The van der Waals surface area contributed by atoms with E-state index in [2.05, 4.69) is 0 Å². The van der Waals surface area contributed by atoms with Gasteiger partial charge in [0.25, 0.3) is 5.91 Å². The summed E-state index contributed by atoms with van der Waals surface area (Å²) in [7, 11) is 0. The molecule has 2 N–H and O–H groups in total. The topological polar surface area (TPSA) is 46.3 Å². The van der Waals surface area contributed by atoms with Gasteiger partial charge in [0.05, 0.1) is 10.6 Å². The number of likely N-dealkylation sites (tertiary alicyclic amines) is 1. The van der Waals surface area contributed by atoms with Crippen molar-refractivity contribution in [3.05, 3.63) is 59.1 Å². The number of hydrogen-bond donors (Lipinski definition) is 1. The molecule has 2 fully saturated rings. The minimum atomic E-state index is 0. The number of benzene rings is 2. The van der Waals surface area contributed by atoms with E-state index in [0.717, 1.165) is 37.1 Å². The van der Waals surface area contributed by atoms with Crippen LogP contribution in [0, 0.1) is 11.8 Å². The number of nitrogens with zero attached hydrogens (tertiary/aromatic N) is 1. The molecule has 0 aromatic heterocycles. The summed E-state index contributed by atoms with van der Waals surface area (Å²) < 4.78 is 0. The smallest absolute Gasteiger partial charge is 0.255 e. The molecule has 1 heterocycles. The average Bonchev–Trinajstić information content (AvgIpc) is 3.18. The van der Waals surface area contributed by atoms with Gasteiger partial charge in [-0.15, -0.1) is 12.4 Å². The van der Waals surface area contributed by atoms with Crippen LogP contribution in [0.1, 0.15) is 23.2 Å². The Hall–Kier alpha value is -1.55. The van der Waals surface area contributed by atoms with Crippen molar-refractivity contribution in [2.24, 2.45) is 17.6 Å². The third-order valence-corrected chi connectivity index (χ3v) is 5.83. The molecule has 1 aliphatic carbocycles. The van der Waals surface area contributed by atoms with Crippen LogP contribution in [0.4, 0.5) is 0 Å². The van der Waals surface area contributed by atoms with Crippen LogP contribution in [0.2, 0.25) is 5.02 Å². The predicted molar refractivity (Wildman–Crippen MR) is 104 cm³/mol. The molecule has 132 valence electrons.